The normalized spacial score (nSPS) is 11.8. The number of anilines is 1. The molecule has 2 amide bonds. The summed E-state index contributed by atoms with van der Waals surface area (Å²) in [6.07, 6.45) is 0.226. The fraction of sp³-hybridized carbons (Fsp3) is 0.235. The van der Waals surface area contributed by atoms with Gasteiger partial charge in [-0.2, -0.15) is 0 Å². The fourth-order valence-corrected chi connectivity index (χ4v) is 6.56. The molecule has 0 saturated carbocycles. The van der Waals surface area contributed by atoms with Crippen LogP contribution in [0.2, 0.25) is 5.02 Å². The Bertz CT molecular complexity index is 1680. The zero-order valence-electron chi connectivity index (χ0n) is 24.9. The van der Waals surface area contributed by atoms with Gasteiger partial charge in [-0.15, -0.1) is 0 Å². The Labute approximate surface area is 264 Å². The Hall–Kier alpha value is -4.34. The van der Waals surface area contributed by atoms with E-state index in [4.69, 9.17) is 16.3 Å². The molecule has 1 N–H and O–H groups in total. The molecule has 0 aliphatic heterocycles. The van der Waals surface area contributed by atoms with Crippen molar-refractivity contribution in [3.8, 4) is 5.75 Å². The lowest BCUT2D eigenvalue weighted by atomic mass is 10.0. The topological polar surface area (TPSA) is 96.0 Å². The van der Waals surface area contributed by atoms with Crippen LogP contribution in [0.3, 0.4) is 0 Å². The summed E-state index contributed by atoms with van der Waals surface area (Å²) in [5.74, 6) is -0.307. The van der Waals surface area contributed by atoms with Gasteiger partial charge in [0.05, 0.1) is 17.7 Å². The molecule has 1 atom stereocenters. The third kappa shape index (κ3) is 7.98. The molecule has 0 unspecified atom stereocenters. The van der Waals surface area contributed by atoms with Gasteiger partial charge in [-0.3, -0.25) is 13.9 Å². The van der Waals surface area contributed by atoms with Gasteiger partial charge in [0.2, 0.25) is 11.8 Å². The predicted molar refractivity (Wildman–Crippen MR) is 173 cm³/mol. The molecule has 8 nitrogen and oxygen atoms in total. The highest BCUT2D eigenvalue weighted by Gasteiger charge is 2.35. The minimum Gasteiger partial charge on any atom is -0.497 e. The zero-order chi connectivity index (χ0) is 31.7. The van der Waals surface area contributed by atoms with Gasteiger partial charge in [-0.05, 0) is 66.9 Å². The van der Waals surface area contributed by atoms with Gasteiger partial charge in [-0.1, -0.05) is 78.3 Å². The molecule has 0 bridgehead atoms. The number of halogens is 1. The summed E-state index contributed by atoms with van der Waals surface area (Å²) >= 11 is 6.33. The van der Waals surface area contributed by atoms with Crippen LogP contribution in [-0.4, -0.2) is 51.4 Å². The Kier molecular flexibility index (Phi) is 11.0. The Morgan fingerprint density at radius 3 is 2.20 bits per heavy atom. The minimum absolute atomic E-state index is 0.0242. The molecule has 0 radical (unpaired) electrons. The largest absolute Gasteiger partial charge is 0.497 e. The van der Waals surface area contributed by atoms with Gasteiger partial charge in [0, 0.05) is 24.5 Å². The van der Waals surface area contributed by atoms with E-state index in [9.17, 15) is 18.0 Å². The van der Waals surface area contributed by atoms with E-state index in [0.29, 0.717) is 22.9 Å². The highest BCUT2D eigenvalue weighted by Crippen LogP contribution is 2.30. The van der Waals surface area contributed by atoms with E-state index in [1.165, 1.54) is 23.1 Å². The molecular weight excluding hydrogens is 598 g/mol. The van der Waals surface area contributed by atoms with Crippen molar-refractivity contribution in [2.45, 2.75) is 37.8 Å². The van der Waals surface area contributed by atoms with E-state index in [-0.39, 0.29) is 29.5 Å². The Morgan fingerprint density at radius 1 is 0.886 bits per heavy atom. The van der Waals surface area contributed by atoms with Crippen molar-refractivity contribution in [3.05, 3.63) is 125 Å². The van der Waals surface area contributed by atoms with Gasteiger partial charge in [0.15, 0.2) is 0 Å². The van der Waals surface area contributed by atoms with E-state index in [0.717, 1.165) is 15.4 Å². The number of hydrogen-bond acceptors (Lipinski definition) is 5. The number of aryl methyl sites for hydroxylation is 1. The van der Waals surface area contributed by atoms with Gasteiger partial charge < -0.3 is 15.0 Å². The summed E-state index contributed by atoms with van der Waals surface area (Å²) in [7, 11) is -2.66. The number of rotatable bonds is 13. The van der Waals surface area contributed by atoms with Gasteiger partial charge >= 0.3 is 0 Å². The number of methoxy groups -OCH3 is 1. The Balaban J connectivity index is 1.83. The number of nitrogens with one attached hydrogen (secondary N) is 1. The van der Waals surface area contributed by atoms with Gasteiger partial charge in [-0.25, -0.2) is 8.42 Å². The molecule has 0 aliphatic carbocycles. The summed E-state index contributed by atoms with van der Waals surface area (Å²) in [6, 6.07) is 28.5. The monoisotopic (exact) mass is 633 g/mol. The van der Waals surface area contributed by atoms with Crippen LogP contribution in [0, 0.1) is 6.92 Å². The maximum atomic E-state index is 14.5. The van der Waals surface area contributed by atoms with Crippen LogP contribution in [0.5, 0.6) is 5.75 Å². The first-order valence-corrected chi connectivity index (χ1v) is 16.0. The Morgan fingerprint density at radius 2 is 1.55 bits per heavy atom. The van der Waals surface area contributed by atoms with Crippen molar-refractivity contribution in [2.24, 2.45) is 0 Å². The van der Waals surface area contributed by atoms with Crippen molar-refractivity contribution in [3.63, 3.8) is 0 Å². The number of carbonyl (C=O) groups excluding carboxylic acids is 2. The molecule has 4 aromatic rings. The van der Waals surface area contributed by atoms with Crippen molar-refractivity contribution in [2.75, 3.05) is 24.5 Å². The second-order valence-corrected chi connectivity index (χ2v) is 12.5. The second-order valence-electron chi connectivity index (χ2n) is 10.2. The molecule has 10 heteroatoms. The molecule has 0 spiro atoms. The van der Waals surface area contributed by atoms with E-state index >= 15 is 0 Å². The standard InChI is InChI=1S/C34H36ClN3O5S/c1-4-36-34(40)32(21-26-12-7-5-8-13-26)37(23-27-14-11-15-29(20-27)43-3)33(39)24-38(31-22-28(35)19-18-25(31)2)44(41,42)30-16-9-6-10-17-30/h5-20,22,32H,4,21,23-24H2,1-3H3,(H,36,40)/t32-/m0/s1. The first kappa shape index (κ1) is 32.6. The highest BCUT2D eigenvalue weighted by molar-refractivity contribution is 7.92. The number of nitrogens with zero attached hydrogens (tertiary/aromatic N) is 2. The van der Waals surface area contributed by atoms with Gasteiger partial charge in [0.25, 0.3) is 10.0 Å². The molecule has 4 aromatic carbocycles. The summed E-state index contributed by atoms with van der Waals surface area (Å²) in [6.45, 7) is 3.40. The first-order valence-electron chi connectivity index (χ1n) is 14.2. The lowest BCUT2D eigenvalue weighted by molar-refractivity contribution is -0.140. The van der Waals surface area contributed by atoms with Crippen molar-refractivity contribution in [1.29, 1.82) is 0 Å². The van der Waals surface area contributed by atoms with Crippen molar-refractivity contribution in [1.82, 2.24) is 10.2 Å². The summed E-state index contributed by atoms with van der Waals surface area (Å²) in [5, 5.41) is 3.18. The van der Waals surface area contributed by atoms with Gasteiger partial charge in [0.1, 0.15) is 18.3 Å². The van der Waals surface area contributed by atoms with Crippen molar-refractivity contribution < 1.29 is 22.7 Å². The second kappa shape index (κ2) is 14.9. The molecule has 230 valence electrons. The number of ether oxygens (including phenoxy) is 1. The lowest BCUT2D eigenvalue weighted by Gasteiger charge is -2.34. The number of hydrogen-bond donors (Lipinski definition) is 1. The number of benzene rings is 4. The minimum atomic E-state index is -4.21. The van der Waals surface area contributed by atoms with Crippen LogP contribution in [-0.2, 0) is 32.6 Å². The fourth-order valence-electron chi connectivity index (χ4n) is 4.90. The van der Waals surface area contributed by atoms with Crippen molar-refractivity contribution >= 4 is 39.1 Å². The van der Waals surface area contributed by atoms with E-state index in [2.05, 4.69) is 5.32 Å². The maximum Gasteiger partial charge on any atom is 0.264 e. The third-order valence-electron chi connectivity index (χ3n) is 7.16. The number of sulfonamides is 1. The van der Waals surface area contributed by atoms with Crippen LogP contribution in [0.25, 0.3) is 0 Å². The lowest BCUT2D eigenvalue weighted by Crippen LogP contribution is -2.53. The quantitative estimate of drug-likeness (QED) is 0.206. The first-order chi connectivity index (χ1) is 21.1. The predicted octanol–water partition coefficient (Wildman–Crippen LogP) is 5.63. The maximum absolute atomic E-state index is 14.5. The smallest absolute Gasteiger partial charge is 0.264 e. The van der Waals surface area contributed by atoms with Crippen LogP contribution in [0.4, 0.5) is 5.69 Å². The molecule has 0 fully saturated rings. The third-order valence-corrected chi connectivity index (χ3v) is 9.17. The average molecular weight is 634 g/mol. The number of amides is 2. The van der Waals surface area contributed by atoms with Crippen LogP contribution >= 0.6 is 11.6 Å². The number of carbonyl (C=O) groups is 2. The molecular formula is C34H36ClN3O5S. The molecule has 0 saturated heterocycles. The van der Waals surface area contributed by atoms with E-state index < -0.39 is 28.5 Å². The summed E-state index contributed by atoms with van der Waals surface area (Å²) in [4.78, 5) is 29.5. The van der Waals surface area contributed by atoms with Crippen LogP contribution in [0.15, 0.2) is 108 Å². The molecule has 44 heavy (non-hydrogen) atoms. The molecule has 0 aromatic heterocycles. The van der Waals surface area contributed by atoms with E-state index in [1.807, 2.05) is 43.3 Å². The highest BCUT2D eigenvalue weighted by atomic mass is 35.5. The average Bonchev–Trinajstić information content (AvgIpc) is 3.03. The molecule has 0 aliphatic rings. The molecule has 0 heterocycles. The number of likely N-dealkylation sites (N-methyl/N-ethyl adjacent to an activating group) is 1. The van der Waals surface area contributed by atoms with Crippen LogP contribution < -0.4 is 14.4 Å². The van der Waals surface area contributed by atoms with Crippen LogP contribution in [0.1, 0.15) is 23.6 Å². The molecule has 4 rings (SSSR count). The zero-order valence-corrected chi connectivity index (χ0v) is 26.5. The SMILES string of the molecule is CCNC(=O)[C@H](Cc1ccccc1)N(Cc1cccc(OC)c1)C(=O)CN(c1cc(Cl)ccc1C)S(=O)(=O)c1ccccc1. The van der Waals surface area contributed by atoms with E-state index in [1.54, 1.807) is 62.6 Å². The summed E-state index contributed by atoms with van der Waals surface area (Å²) in [5.41, 5.74) is 2.46. The summed E-state index contributed by atoms with van der Waals surface area (Å²) < 4.78 is 34.7.